The van der Waals surface area contributed by atoms with E-state index in [1.807, 2.05) is 0 Å². The molecule has 0 radical (unpaired) electrons. The van der Waals surface area contributed by atoms with E-state index in [9.17, 15) is 9.90 Å². The molecule has 0 fully saturated rings. The monoisotopic (exact) mass is 300 g/mol. The average molecular weight is 300 g/mol. The highest BCUT2D eigenvalue weighted by Crippen LogP contribution is 2.16. The lowest BCUT2D eigenvalue weighted by Crippen LogP contribution is -2.40. The van der Waals surface area contributed by atoms with E-state index in [0.29, 0.717) is 17.1 Å². The Bertz CT molecular complexity index is 809. The van der Waals surface area contributed by atoms with Gasteiger partial charge < -0.3 is 9.84 Å². The fraction of sp³-hybridized carbons (Fsp3) is 0.133. The van der Waals surface area contributed by atoms with Crippen molar-refractivity contribution in [2.75, 3.05) is 7.11 Å². The molecule has 0 spiro atoms. The summed E-state index contributed by atoms with van der Waals surface area (Å²) in [6.45, 7) is 0. The molecule has 1 atom stereocenters. The van der Waals surface area contributed by atoms with Gasteiger partial charge in [-0.25, -0.2) is 4.79 Å². The van der Waals surface area contributed by atoms with Crippen LogP contribution in [0.3, 0.4) is 0 Å². The maximum absolute atomic E-state index is 11.9. The maximum Gasteiger partial charge on any atom is 0.433 e. The molecule has 0 aliphatic heterocycles. The first-order valence-electron chi connectivity index (χ1n) is 6.57. The van der Waals surface area contributed by atoms with Gasteiger partial charge in [-0.3, -0.25) is 9.51 Å². The van der Waals surface area contributed by atoms with Crippen molar-refractivity contribution in [1.82, 2.24) is 10.3 Å². The largest absolute Gasteiger partial charge is 0.497 e. The van der Waals surface area contributed by atoms with Gasteiger partial charge in [-0.15, -0.1) is 0 Å². The molecule has 0 saturated carbocycles. The molecule has 0 aliphatic rings. The summed E-state index contributed by atoms with van der Waals surface area (Å²) in [6, 6.07) is 12.0. The van der Waals surface area contributed by atoms with Crippen LogP contribution in [-0.2, 0) is 0 Å². The summed E-state index contributed by atoms with van der Waals surface area (Å²) in [5.41, 5.74) is 0.367. The lowest BCUT2D eigenvalue weighted by atomic mass is 10.1. The number of aromatic amines is 1. The number of hydrogen-bond acceptors (Lipinski definition) is 5. The third-order valence-electron chi connectivity index (χ3n) is 3.24. The van der Waals surface area contributed by atoms with Crippen LogP contribution in [0.5, 0.6) is 5.75 Å². The van der Waals surface area contributed by atoms with Gasteiger partial charge in [0.05, 0.1) is 12.8 Å². The van der Waals surface area contributed by atoms with Gasteiger partial charge in [-0.2, -0.15) is 0 Å². The fourth-order valence-electron chi connectivity index (χ4n) is 2.11. The summed E-state index contributed by atoms with van der Waals surface area (Å²) < 4.78 is 11.3. The van der Waals surface area contributed by atoms with Gasteiger partial charge in [0.15, 0.2) is 6.10 Å². The lowest BCUT2D eigenvalue weighted by molar-refractivity contribution is -0.680. The van der Waals surface area contributed by atoms with Crippen LogP contribution in [0.15, 0.2) is 58.0 Å². The molecule has 7 nitrogen and oxygen atoms in total. The molecule has 1 unspecified atom stereocenters. The SMILES string of the molecule is COc1ccc(-[n+]2[nH]oc(=O)c2C(O)c2ccccn2)cc1. The molecule has 0 aliphatic carbocycles. The molecule has 3 rings (SSSR count). The smallest absolute Gasteiger partial charge is 0.433 e. The number of methoxy groups -OCH3 is 1. The van der Waals surface area contributed by atoms with Crippen molar-refractivity contribution in [1.29, 1.82) is 0 Å². The summed E-state index contributed by atoms with van der Waals surface area (Å²) in [5.74, 6) is 0.682. The minimum Gasteiger partial charge on any atom is -0.497 e. The van der Waals surface area contributed by atoms with Crippen LogP contribution >= 0.6 is 0 Å². The van der Waals surface area contributed by atoms with Gasteiger partial charge in [0, 0.05) is 18.3 Å². The topological polar surface area (TPSA) is 92.2 Å². The van der Waals surface area contributed by atoms with Gasteiger partial charge in [0.25, 0.3) is 0 Å². The van der Waals surface area contributed by atoms with Crippen molar-refractivity contribution in [3.63, 3.8) is 0 Å². The van der Waals surface area contributed by atoms with Crippen LogP contribution in [0, 0.1) is 0 Å². The zero-order chi connectivity index (χ0) is 15.5. The van der Waals surface area contributed by atoms with Crippen LogP contribution in [0.4, 0.5) is 0 Å². The Kier molecular flexibility index (Phi) is 3.71. The van der Waals surface area contributed by atoms with Crippen LogP contribution in [0.25, 0.3) is 5.69 Å². The Labute approximate surface area is 125 Å². The van der Waals surface area contributed by atoms with Crippen LogP contribution in [-0.4, -0.2) is 22.5 Å². The summed E-state index contributed by atoms with van der Waals surface area (Å²) in [6.07, 6.45) is 0.343. The quantitative estimate of drug-likeness (QED) is 0.693. The second-order valence-electron chi connectivity index (χ2n) is 4.56. The predicted molar refractivity (Wildman–Crippen MR) is 75.7 cm³/mol. The Morgan fingerprint density at radius 3 is 2.68 bits per heavy atom. The molecule has 2 heterocycles. The van der Waals surface area contributed by atoms with Crippen molar-refractivity contribution in [2.45, 2.75) is 6.10 Å². The van der Waals surface area contributed by atoms with E-state index < -0.39 is 11.7 Å². The van der Waals surface area contributed by atoms with Crippen molar-refractivity contribution < 1.29 is 19.0 Å². The summed E-state index contributed by atoms with van der Waals surface area (Å²) >= 11 is 0. The Hall–Kier alpha value is -2.93. The van der Waals surface area contributed by atoms with Gasteiger partial charge in [-0.1, -0.05) is 6.07 Å². The van der Waals surface area contributed by atoms with E-state index in [4.69, 9.17) is 9.26 Å². The Morgan fingerprint density at radius 1 is 1.27 bits per heavy atom. The van der Waals surface area contributed by atoms with E-state index in [1.54, 1.807) is 55.8 Å². The normalized spacial score (nSPS) is 12.1. The van der Waals surface area contributed by atoms with E-state index in [-0.39, 0.29) is 5.69 Å². The maximum atomic E-state index is 11.9. The summed E-state index contributed by atoms with van der Waals surface area (Å²) in [7, 11) is 1.57. The van der Waals surface area contributed by atoms with Crippen molar-refractivity contribution in [3.8, 4) is 11.4 Å². The molecule has 1 aromatic carbocycles. The second-order valence-corrected chi connectivity index (χ2v) is 4.56. The number of nitrogens with zero attached hydrogens (tertiary/aromatic N) is 2. The van der Waals surface area contributed by atoms with Crippen LogP contribution < -0.4 is 15.0 Å². The van der Waals surface area contributed by atoms with Gasteiger partial charge in [-0.05, 0) is 34.2 Å². The highest BCUT2D eigenvalue weighted by molar-refractivity contribution is 5.31. The van der Waals surface area contributed by atoms with Crippen molar-refractivity contribution in [3.05, 3.63) is 70.5 Å². The third kappa shape index (κ3) is 2.49. The summed E-state index contributed by atoms with van der Waals surface area (Å²) in [5, 5.41) is 12.9. The van der Waals surface area contributed by atoms with Gasteiger partial charge in [0.2, 0.25) is 5.69 Å². The first-order chi connectivity index (χ1) is 10.7. The highest BCUT2D eigenvalue weighted by atomic mass is 16.5. The zero-order valence-corrected chi connectivity index (χ0v) is 11.8. The highest BCUT2D eigenvalue weighted by Gasteiger charge is 2.32. The first kappa shape index (κ1) is 14.0. The van der Waals surface area contributed by atoms with E-state index in [0.717, 1.165) is 0 Å². The molecule has 0 bridgehead atoms. The first-order valence-corrected chi connectivity index (χ1v) is 6.57. The minimum absolute atomic E-state index is 0.0452. The van der Waals surface area contributed by atoms with Gasteiger partial charge >= 0.3 is 11.3 Å². The number of benzene rings is 1. The number of nitrogens with one attached hydrogen (secondary N) is 1. The second kappa shape index (κ2) is 5.82. The molecular formula is C15H14N3O4+. The third-order valence-corrected chi connectivity index (χ3v) is 3.24. The lowest BCUT2D eigenvalue weighted by Gasteiger charge is -2.03. The fourth-order valence-corrected chi connectivity index (χ4v) is 2.11. The molecule has 7 heteroatoms. The molecule has 112 valence electrons. The average Bonchev–Trinajstić information content (AvgIpc) is 2.96. The molecule has 0 saturated heterocycles. The number of H-pyrrole nitrogens is 1. The standard InChI is InChI=1S/C15H13N3O4/c1-21-11-7-5-10(6-8-11)18-13(15(20)22-17-18)14(19)12-4-2-3-9-16-12/h2-9,14,19H,1H3/p+1. The predicted octanol–water partition coefficient (Wildman–Crippen LogP) is 0.730. The molecule has 2 N–H and O–H groups in total. The molecule has 3 aromatic rings. The molecule has 0 amide bonds. The number of aromatic nitrogens is 3. The number of rotatable bonds is 4. The number of ether oxygens (including phenoxy) is 1. The number of aliphatic hydroxyl groups excluding tert-OH is 1. The molecular weight excluding hydrogens is 286 g/mol. The minimum atomic E-state index is -1.20. The van der Waals surface area contributed by atoms with Crippen LogP contribution in [0.2, 0.25) is 0 Å². The van der Waals surface area contributed by atoms with Crippen molar-refractivity contribution in [2.24, 2.45) is 0 Å². The number of hydrogen-bond donors (Lipinski definition) is 2. The summed E-state index contributed by atoms with van der Waals surface area (Å²) in [4.78, 5) is 16.0. The number of aliphatic hydroxyl groups is 1. The van der Waals surface area contributed by atoms with Crippen molar-refractivity contribution >= 4 is 0 Å². The van der Waals surface area contributed by atoms with E-state index in [1.165, 1.54) is 4.68 Å². The number of pyridine rings is 1. The van der Waals surface area contributed by atoms with Crippen LogP contribution in [0.1, 0.15) is 17.5 Å². The Morgan fingerprint density at radius 2 is 2.05 bits per heavy atom. The zero-order valence-electron chi connectivity index (χ0n) is 11.8. The Balaban J connectivity index is 2.05. The molecule has 2 aromatic heterocycles. The molecule has 22 heavy (non-hydrogen) atoms. The van der Waals surface area contributed by atoms with E-state index >= 15 is 0 Å². The van der Waals surface area contributed by atoms with E-state index in [2.05, 4.69) is 10.3 Å². The van der Waals surface area contributed by atoms with Gasteiger partial charge in [0.1, 0.15) is 5.75 Å².